The van der Waals surface area contributed by atoms with E-state index in [1.54, 1.807) is 6.07 Å². The minimum Gasteiger partial charge on any atom is -0.287 e. The first kappa shape index (κ1) is 13.8. The average Bonchev–Trinajstić information content (AvgIpc) is 2.56. The third-order valence-corrected chi connectivity index (χ3v) is 4.65. The van der Waals surface area contributed by atoms with E-state index in [2.05, 4.69) is 31.9 Å². The molecule has 0 bridgehead atoms. The van der Waals surface area contributed by atoms with Crippen LogP contribution in [0.1, 0.15) is 20.1 Å². The van der Waals surface area contributed by atoms with Crippen molar-refractivity contribution in [2.45, 2.75) is 6.92 Å². The Morgan fingerprint density at radius 3 is 2.17 bits per heavy atom. The van der Waals surface area contributed by atoms with Crippen LogP contribution in [0.2, 0.25) is 0 Å². The second-order valence-electron chi connectivity index (χ2n) is 3.61. The second kappa shape index (κ2) is 5.19. The third kappa shape index (κ3) is 2.55. The van der Waals surface area contributed by atoms with Gasteiger partial charge in [0.1, 0.15) is 11.6 Å². The zero-order valence-electron chi connectivity index (χ0n) is 9.06. The van der Waals surface area contributed by atoms with Crippen LogP contribution < -0.4 is 0 Å². The Labute approximate surface area is 123 Å². The van der Waals surface area contributed by atoms with E-state index in [4.69, 9.17) is 0 Å². The molecule has 0 atom stereocenters. The fraction of sp³-hybridized carbons (Fsp3) is 0.0833. The van der Waals surface area contributed by atoms with E-state index >= 15 is 0 Å². The van der Waals surface area contributed by atoms with Crippen LogP contribution in [0.3, 0.4) is 0 Å². The van der Waals surface area contributed by atoms with Crippen LogP contribution >= 0.6 is 43.2 Å². The maximum absolute atomic E-state index is 13.7. The summed E-state index contributed by atoms with van der Waals surface area (Å²) >= 11 is 7.38. The molecule has 18 heavy (non-hydrogen) atoms. The van der Waals surface area contributed by atoms with Crippen LogP contribution in [0.15, 0.2) is 27.1 Å². The van der Waals surface area contributed by atoms with Crippen LogP contribution in [-0.4, -0.2) is 5.78 Å². The molecule has 0 saturated heterocycles. The van der Waals surface area contributed by atoms with Gasteiger partial charge in [-0.25, -0.2) is 8.78 Å². The number of hydrogen-bond donors (Lipinski definition) is 0. The number of ketones is 1. The molecule has 0 saturated carbocycles. The van der Waals surface area contributed by atoms with Crippen molar-refractivity contribution >= 4 is 49.0 Å². The molecule has 0 aliphatic heterocycles. The Bertz CT molecular complexity index is 614. The van der Waals surface area contributed by atoms with Crippen molar-refractivity contribution < 1.29 is 13.6 Å². The number of benzene rings is 1. The Kier molecular flexibility index (Phi) is 3.99. The molecule has 1 nitrogen and oxygen atoms in total. The van der Waals surface area contributed by atoms with Crippen molar-refractivity contribution in [1.29, 1.82) is 0 Å². The molecule has 0 aliphatic carbocycles. The van der Waals surface area contributed by atoms with E-state index in [-0.39, 0.29) is 4.47 Å². The van der Waals surface area contributed by atoms with Crippen molar-refractivity contribution in [3.05, 3.63) is 54.1 Å². The molecule has 1 aromatic carbocycles. The molecule has 2 rings (SSSR count). The number of halogens is 4. The predicted molar refractivity (Wildman–Crippen MR) is 74.2 cm³/mol. The minimum atomic E-state index is -0.871. The summed E-state index contributed by atoms with van der Waals surface area (Å²) in [6.07, 6.45) is 0. The molecule has 6 heteroatoms. The Hall–Kier alpha value is -0.590. The second-order valence-corrected chi connectivity index (χ2v) is 6.63. The molecule has 0 unspecified atom stereocenters. The van der Waals surface area contributed by atoms with Gasteiger partial charge in [0.25, 0.3) is 0 Å². The Morgan fingerprint density at radius 2 is 1.72 bits per heavy atom. The van der Waals surface area contributed by atoms with Crippen molar-refractivity contribution in [1.82, 2.24) is 0 Å². The van der Waals surface area contributed by atoms with Crippen LogP contribution in [0.5, 0.6) is 0 Å². The van der Waals surface area contributed by atoms with Gasteiger partial charge in [-0.2, -0.15) is 0 Å². The van der Waals surface area contributed by atoms with Gasteiger partial charge in [0.2, 0.25) is 5.78 Å². The summed E-state index contributed by atoms with van der Waals surface area (Å²) in [5.41, 5.74) is -0.527. The lowest BCUT2D eigenvalue weighted by molar-refractivity contribution is 0.103. The molecule has 0 radical (unpaired) electrons. The van der Waals surface area contributed by atoms with E-state index in [9.17, 15) is 13.6 Å². The van der Waals surface area contributed by atoms with Gasteiger partial charge in [0, 0.05) is 13.8 Å². The number of hydrogen-bond acceptors (Lipinski definition) is 2. The molecule has 0 N–H and O–H groups in total. The summed E-state index contributed by atoms with van der Waals surface area (Å²) < 4.78 is 28.2. The number of carbonyl (C=O) groups is 1. The van der Waals surface area contributed by atoms with Crippen molar-refractivity contribution in [2.24, 2.45) is 0 Å². The van der Waals surface area contributed by atoms with E-state index in [0.717, 1.165) is 17.0 Å². The fourth-order valence-electron chi connectivity index (χ4n) is 1.51. The van der Waals surface area contributed by atoms with Crippen molar-refractivity contribution in [2.75, 3.05) is 0 Å². The topological polar surface area (TPSA) is 17.1 Å². The molecule has 0 amide bonds. The van der Waals surface area contributed by atoms with E-state index in [1.807, 2.05) is 6.92 Å². The first-order valence-corrected chi connectivity index (χ1v) is 7.25. The lowest BCUT2D eigenvalue weighted by atomic mass is 10.1. The highest BCUT2D eigenvalue weighted by molar-refractivity contribution is 9.10. The maximum Gasteiger partial charge on any atom is 0.210 e. The average molecular weight is 396 g/mol. The van der Waals surface area contributed by atoms with Gasteiger partial charge in [-0.1, -0.05) is 15.9 Å². The predicted octanol–water partition coefficient (Wildman–Crippen LogP) is 5.09. The molecule has 0 aliphatic rings. The minimum absolute atomic E-state index is 0.260. The maximum atomic E-state index is 13.7. The van der Waals surface area contributed by atoms with Crippen LogP contribution in [0.4, 0.5) is 8.78 Å². The normalized spacial score (nSPS) is 10.7. The number of carbonyl (C=O) groups excluding carboxylic acids is 1. The summed E-state index contributed by atoms with van der Waals surface area (Å²) in [7, 11) is 0. The van der Waals surface area contributed by atoms with Crippen molar-refractivity contribution in [3.63, 3.8) is 0 Å². The smallest absolute Gasteiger partial charge is 0.210 e. The van der Waals surface area contributed by atoms with E-state index in [1.165, 1.54) is 11.3 Å². The zero-order valence-corrected chi connectivity index (χ0v) is 13.0. The lowest BCUT2D eigenvalue weighted by Gasteiger charge is -2.04. The monoisotopic (exact) mass is 394 g/mol. The quantitative estimate of drug-likeness (QED) is 0.647. The first-order chi connectivity index (χ1) is 8.40. The molecule has 0 spiro atoms. The SMILES string of the molecule is Cc1cc(Br)c(C(=O)c2c(F)cc(Br)cc2F)s1. The summed E-state index contributed by atoms with van der Waals surface area (Å²) in [5, 5.41) is 0. The van der Waals surface area contributed by atoms with Crippen LogP contribution in [0, 0.1) is 18.6 Å². The highest BCUT2D eigenvalue weighted by Gasteiger charge is 2.23. The molecule has 2 aromatic rings. The van der Waals surface area contributed by atoms with E-state index in [0.29, 0.717) is 9.35 Å². The van der Waals surface area contributed by atoms with Gasteiger partial charge in [-0.05, 0) is 41.1 Å². The molecular weight excluding hydrogens is 390 g/mol. The lowest BCUT2D eigenvalue weighted by Crippen LogP contribution is -2.06. The highest BCUT2D eigenvalue weighted by atomic mass is 79.9. The summed E-state index contributed by atoms with van der Waals surface area (Å²) in [5.74, 6) is -2.39. The molecular formula is C12H6Br2F2OS. The first-order valence-electron chi connectivity index (χ1n) is 4.85. The number of aryl methyl sites for hydroxylation is 1. The van der Waals surface area contributed by atoms with Gasteiger partial charge < -0.3 is 0 Å². The van der Waals surface area contributed by atoms with Gasteiger partial charge in [0.05, 0.1) is 10.4 Å². The zero-order chi connectivity index (χ0) is 13.4. The largest absolute Gasteiger partial charge is 0.287 e. The van der Waals surface area contributed by atoms with Crippen LogP contribution in [-0.2, 0) is 0 Å². The third-order valence-electron chi connectivity index (χ3n) is 2.25. The van der Waals surface area contributed by atoms with Gasteiger partial charge >= 0.3 is 0 Å². The molecule has 0 fully saturated rings. The molecule has 1 aromatic heterocycles. The Morgan fingerprint density at radius 1 is 1.17 bits per heavy atom. The van der Waals surface area contributed by atoms with Gasteiger partial charge in [-0.15, -0.1) is 11.3 Å². The molecule has 94 valence electrons. The fourth-order valence-corrected chi connectivity index (χ4v) is 3.68. The van der Waals surface area contributed by atoms with Gasteiger partial charge in [0.15, 0.2) is 0 Å². The number of thiophene rings is 1. The highest BCUT2D eigenvalue weighted by Crippen LogP contribution is 2.31. The van der Waals surface area contributed by atoms with E-state index < -0.39 is 23.0 Å². The number of rotatable bonds is 2. The van der Waals surface area contributed by atoms with Crippen LogP contribution in [0.25, 0.3) is 0 Å². The van der Waals surface area contributed by atoms with Gasteiger partial charge in [-0.3, -0.25) is 4.79 Å². The summed E-state index contributed by atoms with van der Waals surface area (Å²) in [6, 6.07) is 3.89. The summed E-state index contributed by atoms with van der Waals surface area (Å²) in [4.78, 5) is 13.3. The molecule has 1 heterocycles. The standard InChI is InChI=1S/C12H6Br2F2OS/c1-5-2-7(14)12(18-5)11(17)10-8(15)3-6(13)4-9(10)16/h2-4H,1H3. The summed E-state index contributed by atoms with van der Waals surface area (Å²) in [6.45, 7) is 1.82. The Balaban J connectivity index is 2.56. The van der Waals surface area contributed by atoms with Crippen molar-refractivity contribution in [3.8, 4) is 0 Å².